The Labute approximate surface area is 387 Å². The van der Waals surface area contributed by atoms with E-state index in [-0.39, 0.29) is 0 Å². The van der Waals surface area contributed by atoms with Crippen molar-refractivity contribution >= 4 is 0 Å². The molecule has 4 aromatic rings. The van der Waals surface area contributed by atoms with E-state index in [0.717, 1.165) is 59.3 Å². The van der Waals surface area contributed by atoms with Crippen LogP contribution in [0.2, 0.25) is 0 Å². The fourth-order valence-electron chi connectivity index (χ4n) is 10.4. The summed E-state index contributed by atoms with van der Waals surface area (Å²) in [7, 11) is 0. The van der Waals surface area contributed by atoms with E-state index in [0.29, 0.717) is 0 Å². The second-order valence-corrected chi connectivity index (χ2v) is 20.0. The van der Waals surface area contributed by atoms with Crippen molar-refractivity contribution in [3.63, 3.8) is 0 Å². The molecule has 4 nitrogen and oxygen atoms in total. The van der Waals surface area contributed by atoms with E-state index >= 15 is 0 Å². The van der Waals surface area contributed by atoms with E-state index in [2.05, 4.69) is 109 Å². The van der Waals surface area contributed by atoms with Gasteiger partial charge in [0.1, 0.15) is 0 Å². The van der Waals surface area contributed by atoms with Gasteiger partial charge in [-0.3, -0.25) is 0 Å². The highest BCUT2D eigenvalue weighted by Gasteiger charge is 2.21. The summed E-state index contributed by atoms with van der Waals surface area (Å²) in [5, 5.41) is 0. The van der Waals surface area contributed by atoms with Crippen LogP contribution in [0, 0.1) is 23.7 Å². The van der Waals surface area contributed by atoms with Crippen molar-refractivity contribution < 1.29 is 0 Å². The van der Waals surface area contributed by atoms with Crippen LogP contribution < -0.4 is 0 Å². The van der Waals surface area contributed by atoms with Gasteiger partial charge in [0.2, 0.25) is 0 Å². The van der Waals surface area contributed by atoms with Crippen LogP contribution in [0.5, 0.6) is 0 Å². The number of aromatic nitrogens is 4. The van der Waals surface area contributed by atoms with E-state index in [1.165, 1.54) is 208 Å². The lowest BCUT2D eigenvalue weighted by Gasteiger charge is -2.28. The normalized spacial score (nSPS) is 18.8. The minimum absolute atomic E-state index is 0.856. The lowest BCUT2D eigenvalue weighted by Crippen LogP contribution is -2.15. The average molecular weight is 855 g/mol. The van der Waals surface area contributed by atoms with Gasteiger partial charge >= 0.3 is 0 Å². The Kier molecular flexibility index (Phi) is 24.6. The van der Waals surface area contributed by atoms with Gasteiger partial charge in [-0.2, -0.15) is 0 Å². The predicted molar refractivity (Wildman–Crippen MR) is 271 cm³/mol. The van der Waals surface area contributed by atoms with Crippen LogP contribution in [-0.2, 0) is 25.7 Å². The molecule has 2 aromatic carbocycles. The smallest absolute Gasteiger partial charge is 0.159 e. The maximum Gasteiger partial charge on any atom is 0.159 e. The Morgan fingerprint density at radius 1 is 0.333 bits per heavy atom. The highest BCUT2D eigenvalue weighted by atomic mass is 14.9. The quantitative estimate of drug-likeness (QED) is 0.0561. The van der Waals surface area contributed by atoms with Gasteiger partial charge in [-0.1, -0.05) is 224 Å². The summed E-state index contributed by atoms with van der Waals surface area (Å²) < 4.78 is 0. The van der Waals surface area contributed by atoms with Crippen LogP contribution in [0.1, 0.15) is 223 Å². The number of unbranched alkanes of at least 4 members (excludes halogenated alkanes) is 12. The zero-order valence-electron chi connectivity index (χ0n) is 40.9. The third-order valence-corrected chi connectivity index (χ3v) is 14.9. The van der Waals surface area contributed by atoms with Gasteiger partial charge < -0.3 is 0 Å². The first kappa shape index (κ1) is 50.6. The van der Waals surface area contributed by atoms with Crippen LogP contribution in [0.4, 0.5) is 0 Å². The van der Waals surface area contributed by atoms with E-state index in [9.17, 15) is 0 Å². The molecular formula is C59H90N4. The summed E-state index contributed by atoms with van der Waals surface area (Å²) in [6.45, 7) is 9.22. The van der Waals surface area contributed by atoms with E-state index < -0.39 is 0 Å². The lowest BCUT2D eigenvalue weighted by molar-refractivity contribution is 0.252. The van der Waals surface area contributed by atoms with Gasteiger partial charge in [0, 0.05) is 35.9 Å². The second-order valence-electron chi connectivity index (χ2n) is 20.0. The first-order valence-corrected chi connectivity index (χ1v) is 26.9. The fourth-order valence-corrected chi connectivity index (χ4v) is 10.4. The highest BCUT2D eigenvalue weighted by molar-refractivity contribution is 5.56. The summed E-state index contributed by atoms with van der Waals surface area (Å²) in [6.07, 6.45) is 50.2. The first-order chi connectivity index (χ1) is 31.1. The van der Waals surface area contributed by atoms with Crippen LogP contribution >= 0.6 is 0 Å². The number of aryl methyl sites for hydroxylation is 4. The van der Waals surface area contributed by atoms with Gasteiger partial charge in [0.15, 0.2) is 11.6 Å². The van der Waals surface area contributed by atoms with Crippen molar-refractivity contribution in [3.05, 3.63) is 95.6 Å². The molecule has 2 heterocycles. The Morgan fingerprint density at radius 2 is 0.667 bits per heavy atom. The molecule has 0 atom stereocenters. The number of hydrogen-bond donors (Lipinski definition) is 0. The molecule has 0 N–H and O–H groups in total. The largest absolute Gasteiger partial charge is 0.236 e. The molecule has 2 aliphatic carbocycles. The highest BCUT2D eigenvalue weighted by Crippen LogP contribution is 2.35. The summed E-state index contributed by atoms with van der Waals surface area (Å²) in [5.41, 5.74) is 7.72. The molecule has 2 saturated carbocycles. The Hall–Kier alpha value is -3.40. The number of nitrogens with zero attached hydrogens (tertiary/aromatic N) is 4. The summed E-state index contributed by atoms with van der Waals surface area (Å²) >= 11 is 0. The van der Waals surface area contributed by atoms with E-state index in [1.807, 2.05) is 12.4 Å². The molecule has 0 radical (unpaired) electrons. The van der Waals surface area contributed by atoms with E-state index in [1.54, 1.807) is 0 Å². The standard InChI is InChI=1S/C30H46N2.C29H44N2/c1-3-5-6-7-8-9-10-12-26-19-21-29(22-20-26)30-31-23-28(24-32-30)18-17-27-15-13-25(11-4-2)14-16-27;1-3-5-6-7-8-9-10-11-25-18-20-28(21-19-25)29-30-22-27(23-31-29)17-16-26-14-12-24(4-2)13-15-26/h19-25,27H,3-18H2,1-2H3;18-24,26H,3-17H2,1-2H3. The molecule has 6 rings (SSSR count). The zero-order chi connectivity index (χ0) is 44.2. The summed E-state index contributed by atoms with van der Waals surface area (Å²) in [5.74, 6) is 5.52. The van der Waals surface area contributed by atoms with Crippen molar-refractivity contribution in [1.29, 1.82) is 0 Å². The minimum Gasteiger partial charge on any atom is -0.236 e. The second kappa shape index (κ2) is 30.7. The molecule has 2 aromatic heterocycles. The van der Waals surface area contributed by atoms with Gasteiger partial charge in [-0.05, 0) is 97.3 Å². The number of benzene rings is 2. The topological polar surface area (TPSA) is 51.6 Å². The summed E-state index contributed by atoms with van der Waals surface area (Å²) in [4.78, 5) is 18.7. The van der Waals surface area contributed by atoms with Gasteiger partial charge in [-0.15, -0.1) is 0 Å². The molecule has 0 aliphatic heterocycles. The third kappa shape index (κ3) is 19.7. The molecule has 0 saturated heterocycles. The minimum atomic E-state index is 0.856. The third-order valence-electron chi connectivity index (χ3n) is 14.9. The predicted octanol–water partition coefficient (Wildman–Crippen LogP) is 17.6. The SMILES string of the molecule is CCCCCCCCCc1ccc(-c2ncc(CCC3CCC(CC)CC3)cn2)cc1.CCCCCCCCCc1ccc(-c2ncc(CCC3CCC(CCC)CC3)cn2)cc1. The van der Waals surface area contributed by atoms with Crippen LogP contribution in [0.25, 0.3) is 22.8 Å². The fraction of sp³-hybridized carbons (Fsp3) is 0.661. The Bertz CT molecular complexity index is 1700. The molecule has 2 fully saturated rings. The van der Waals surface area contributed by atoms with Gasteiger partial charge in [0.05, 0.1) is 0 Å². The van der Waals surface area contributed by atoms with Crippen molar-refractivity contribution in [3.8, 4) is 22.8 Å². The Balaban J connectivity index is 0.000000238. The van der Waals surface area contributed by atoms with Crippen molar-refractivity contribution in [2.75, 3.05) is 0 Å². The first-order valence-electron chi connectivity index (χ1n) is 26.9. The molecule has 346 valence electrons. The number of rotatable bonds is 27. The molecule has 2 aliphatic rings. The van der Waals surface area contributed by atoms with E-state index in [4.69, 9.17) is 0 Å². The molecule has 0 amide bonds. The molecule has 0 bridgehead atoms. The van der Waals surface area contributed by atoms with Crippen molar-refractivity contribution in [1.82, 2.24) is 19.9 Å². The van der Waals surface area contributed by atoms with Crippen LogP contribution in [0.3, 0.4) is 0 Å². The molecule has 4 heteroatoms. The molecule has 0 spiro atoms. The maximum absolute atomic E-state index is 4.68. The number of hydrogen-bond acceptors (Lipinski definition) is 4. The average Bonchev–Trinajstić information content (AvgIpc) is 3.34. The molecular weight excluding hydrogens is 765 g/mol. The Morgan fingerprint density at radius 3 is 1.02 bits per heavy atom. The molecule has 63 heavy (non-hydrogen) atoms. The van der Waals surface area contributed by atoms with Crippen molar-refractivity contribution in [2.45, 2.75) is 227 Å². The van der Waals surface area contributed by atoms with Crippen LogP contribution in [-0.4, -0.2) is 19.9 Å². The monoisotopic (exact) mass is 855 g/mol. The van der Waals surface area contributed by atoms with Gasteiger partial charge in [0.25, 0.3) is 0 Å². The lowest BCUT2D eigenvalue weighted by atomic mass is 9.78. The molecule has 0 unspecified atom stereocenters. The maximum atomic E-state index is 4.68. The van der Waals surface area contributed by atoms with Crippen LogP contribution in [0.15, 0.2) is 73.3 Å². The van der Waals surface area contributed by atoms with Gasteiger partial charge in [-0.25, -0.2) is 19.9 Å². The van der Waals surface area contributed by atoms with Crippen molar-refractivity contribution in [2.24, 2.45) is 23.7 Å². The summed E-state index contributed by atoms with van der Waals surface area (Å²) in [6, 6.07) is 17.8. The zero-order valence-corrected chi connectivity index (χ0v) is 40.9.